The molecule has 0 bridgehead atoms. The zero-order chi connectivity index (χ0) is 17.3. The molecule has 1 aliphatic rings. The Morgan fingerprint density at radius 1 is 1.21 bits per heavy atom. The lowest BCUT2D eigenvalue weighted by Crippen LogP contribution is -2.35. The molecule has 0 saturated heterocycles. The number of hydrogen-bond donors (Lipinski definition) is 0. The van der Waals surface area contributed by atoms with Crippen molar-refractivity contribution < 1.29 is 4.79 Å². The van der Waals surface area contributed by atoms with E-state index in [-0.39, 0.29) is 11.3 Å². The van der Waals surface area contributed by atoms with E-state index in [0.29, 0.717) is 6.42 Å². The van der Waals surface area contributed by atoms with Gasteiger partial charge in [0.15, 0.2) is 0 Å². The van der Waals surface area contributed by atoms with E-state index < -0.39 is 0 Å². The predicted octanol–water partition coefficient (Wildman–Crippen LogP) is 5.30. The van der Waals surface area contributed by atoms with Gasteiger partial charge < -0.3 is 4.90 Å². The summed E-state index contributed by atoms with van der Waals surface area (Å²) in [6.45, 7) is 7.10. The quantitative estimate of drug-likeness (QED) is 0.739. The fourth-order valence-electron chi connectivity index (χ4n) is 3.59. The van der Waals surface area contributed by atoms with E-state index in [9.17, 15) is 4.79 Å². The number of rotatable bonds is 4. The Hall–Kier alpha value is -1.80. The number of carbonyl (C=O) groups is 1. The molecule has 2 nitrogen and oxygen atoms in total. The highest BCUT2D eigenvalue weighted by molar-refractivity contribution is 6.30. The van der Waals surface area contributed by atoms with Crippen LogP contribution in [0.4, 0.5) is 5.69 Å². The van der Waals surface area contributed by atoms with Gasteiger partial charge in [0, 0.05) is 29.1 Å². The zero-order valence-electron chi connectivity index (χ0n) is 14.6. The second kappa shape index (κ2) is 6.60. The van der Waals surface area contributed by atoms with Crippen LogP contribution in [0.2, 0.25) is 5.02 Å². The van der Waals surface area contributed by atoms with Crippen LogP contribution >= 0.6 is 11.6 Å². The molecule has 126 valence electrons. The van der Waals surface area contributed by atoms with Crippen LogP contribution in [-0.2, 0) is 16.6 Å². The molecule has 2 aromatic carbocycles. The Morgan fingerprint density at radius 3 is 2.58 bits per heavy atom. The van der Waals surface area contributed by atoms with Crippen LogP contribution in [-0.4, -0.2) is 12.5 Å². The minimum absolute atomic E-state index is 0.00812. The molecule has 3 rings (SSSR count). The van der Waals surface area contributed by atoms with Gasteiger partial charge in [-0.2, -0.15) is 0 Å². The molecule has 1 atom stereocenters. The molecular formula is C21H24ClNO. The van der Waals surface area contributed by atoms with Gasteiger partial charge in [-0.15, -0.1) is 0 Å². The molecule has 0 saturated carbocycles. The van der Waals surface area contributed by atoms with Gasteiger partial charge in [0.1, 0.15) is 0 Å². The standard InChI is InChI=1S/C21H24ClNO/c1-4-20(24)23-14-21(3,18-13-15(2)5-10-19(18)23)12-11-16-6-8-17(22)9-7-16/h5-10,13H,4,11-12,14H2,1-3H3. The van der Waals surface area contributed by atoms with Crippen molar-refractivity contribution >= 4 is 23.2 Å². The molecule has 0 aromatic heterocycles. The molecule has 0 radical (unpaired) electrons. The van der Waals surface area contributed by atoms with E-state index in [1.54, 1.807) is 0 Å². The summed E-state index contributed by atoms with van der Waals surface area (Å²) in [5.41, 5.74) is 4.92. The maximum Gasteiger partial charge on any atom is 0.226 e. The summed E-state index contributed by atoms with van der Waals surface area (Å²) in [6, 6.07) is 14.5. The normalized spacial score (nSPS) is 19.4. The number of aryl methyl sites for hydroxylation is 2. The average Bonchev–Trinajstić information content (AvgIpc) is 2.87. The molecule has 1 aliphatic heterocycles. The molecule has 2 aromatic rings. The Kier molecular flexibility index (Phi) is 4.69. The zero-order valence-corrected chi connectivity index (χ0v) is 15.4. The second-order valence-electron chi connectivity index (χ2n) is 7.04. The third-order valence-corrected chi connectivity index (χ3v) is 5.33. The van der Waals surface area contributed by atoms with Gasteiger partial charge in [0.2, 0.25) is 5.91 Å². The summed E-state index contributed by atoms with van der Waals surface area (Å²) >= 11 is 5.98. The molecule has 1 amide bonds. The van der Waals surface area contributed by atoms with E-state index in [1.165, 1.54) is 16.7 Å². The lowest BCUT2D eigenvalue weighted by Gasteiger charge is -2.26. The third kappa shape index (κ3) is 3.21. The van der Waals surface area contributed by atoms with Crippen molar-refractivity contribution in [2.24, 2.45) is 0 Å². The molecule has 1 unspecified atom stereocenters. The fourth-order valence-corrected chi connectivity index (χ4v) is 3.71. The minimum Gasteiger partial charge on any atom is -0.311 e. The second-order valence-corrected chi connectivity index (χ2v) is 7.48. The van der Waals surface area contributed by atoms with Crippen LogP contribution in [0, 0.1) is 6.92 Å². The van der Waals surface area contributed by atoms with E-state index in [4.69, 9.17) is 11.6 Å². The topological polar surface area (TPSA) is 20.3 Å². The lowest BCUT2D eigenvalue weighted by molar-refractivity contribution is -0.118. The number of fused-ring (bicyclic) bond motifs is 1. The van der Waals surface area contributed by atoms with Gasteiger partial charge in [0.25, 0.3) is 0 Å². The van der Waals surface area contributed by atoms with Gasteiger partial charge in [-0.05, 0) is 49.1 Å². The van der Waals surface area contributed by atoms with Crippen molar-refractivity contribution in [1.29, 1.82) is 0 Å². The van der Waals surface area contributed by atoms with Crippen molar-refractivity contribution in [3.8, 4) is 0 Å². The Morgan fingerprint density at radius 2 is 1.92 bits per heavy atom. The highest BCUT2D eigenvalue weighted by Gasteiger charge is 2.40. The van der Waals surface area contributed by atoms with E-state index in [1.807, 2.05) is 24.0 Å². The van der Waals surface area contributed by atoms with Gasteiger partial charge in [-0.25, -0.2) is 0 Å². The molecule has 24 heavy (non-hydrogen) atoms. The Balaban J connectivity index is 1.88. The van der Waals surface area contributed by atoms with E-state index >= 15 is 0 Å². The highest BCUT2D eigenvalue weighted by Crippen LogP contribution is 2.44. The molecule has 0 fully saturated rings. The van der Waals surface area contributed by atoms with Crippen molar-refractivity contribution in [3.05, 3.63) is 64.2 Å². The van der Waals surface area contributed by atoms with Gasteiger partial charge >= 0.3 is 0 Å². The monoisotopic (exact) mass is 341 g/mol. The summed E-state index contributed by atoms with van der Waals surface area (Å²) in [5, 5.41) is 0.770. The number of anilines is 1. The van der Waals surface area contributed by atoms with Gasteiger partial charge in [-0.3, -0.25) is 4.79 Å². The van der Waals surface area contributed by atoms with Crippen molar-refractivity contribution in [3.63, 3.8) is 0 Å². The predicted molar refractivity (Wildman–Crippen MR) is 101 cm³/mol. The Labute approximate surface area is 149 Å². The third-order valence-electron chi connectivity index (χ3n) is 5.08. The first-order valence-electron chi connectivity index (χ1n) is 8.59. The van der Waals surface area contributed by atoms with Crippen molar-refractivity contribution in [2.45, 2.75) is 45.4 Å². The molecule has 1 heterocycles. The van der Waals surface area contributed by atoms with Crippen LogP contribution in [0.3, 0.4) is 0 Å². The summed E-state index contributed by atoms with van der Waals surface area (Å²) < 4.78 is 0. The number of halogens is 1. The maximum atomic E-state index is 12.4. The molecular weight excluding hydrogens is 318 g/mol. The van der Waals surface area contributed by atoms with Crippen LogP contribution in [0.25, 0.3) is 0 Å². The Bertz CT molecular complexity index is 753. The number of amides is 1. The smallest absolute Gasteiger partial charge is 0.226 e. The van der Waals surface area contributed by atoms with E-state index in [0.717, 1.165) is 30.1 Å². The van der Waals surface area contributed by atoms with Crippen molar-refractivity contribution in [1.82, 2.24) is 0 Å². The van der Waals surface area contributed by atoms with Crippen LogP contribution in [0.15, 0.2) is 42.5 Å². The van der Waals surface area contributed by atoms with Crippen LogP contribution in [0.5, 0.6) is 0 Å². The number of nitrogens with zero attached hydrogens (tertiary/aromatic N) is 1. The van der Waals surface area contributed by atoms with E-state index in [2.05, 4.69) is 44.2 Å². The van der Waals surface area contributed by atoms with Gasteiger partial charge in [-0.1, -0.05) is 55.3 Å². The largest absolute Gasteiger partial charge is 0.311 e. The fraction of sp³-hybridized carbons (Fsp3) is 0.381. The first kappa shape index (κ1) is 17.0. The maximum absolute atomic E-state index is 12.4. The summed E-state index contributed by atoms with van der Waals surface area (Å²) in [7, 11) is 0. The molecule has 0 spiro atoms. The first-order chi connectivity index (χ1) is 11.4. The molecule has 3 heteroatoms. The number of hydrogen-bond acceptors (Lipinski definition) is 1. The molecule has 0 aliphatic carbocycles. The average molecular weight is 342 g/mol. The summed E-state index contributed by atoms with van der Waals surface area (Å²) in [4.78, 5) is 14.3. The SMILES string of the molecule is CCC(=O)N1CC(C)(CCc2ccc(Cl)cc2)c2cc(C)ccc21. The van der Waals surface area contributed by atoms with Crippen LogP contribution in [0.1, 0.15) is 43.4 Å². The lowest BCUT2D eigenvalue weighted by atomic mass is 9.79. The summed E-state index contributed by atoms with van der Waals surface area (Å²) in [6.07, 6.45) is 2.54. The molecule has 0 N–H and O–H groups in total. The van der Waals surface area contributed by atoms with Crippen molar-refractivity contribution in [2.75, 3.05) is 11.4 Å². The highest BCUT2D eigenvalue weighted by atomic mass is 35.5. The first-order valence-corrected chi connectivity index (χ1v) is 8.97. The van der Waals surface area contributed by atoms with Gasteiger partial charge in [0.05, 0.1) is 0 Å². The number of carbonyl (C=O) groups excluding carboxylic acids is 1. The summed E-state index contributed by atoms with van der Waals surface area (Å²) in [5.74, 6) is 0.204. The number of benzene rings is 2. The minimum atomic E-state index is -0.00812. The van der Waals surface area contributed by atoms with Crippen LogP contribution < -0.4 is 4.90 Å².